The highest BCUT2D eigenvalue weighted by atomic mass is 16.2. The highest BCUT2D eigenvalue weighted by Crippen LogP contribution is 2.13. The Morgan fingerprint density at radius 2 is 2.14 bits per heavy atom. The summed E-state index contributed by atoms with van der Waals surface area (Å²) in [4.78, 5) is 25.6. The fourth-order valence-corrected chi connectivity index (χ4v) is 2.79. The van der Waals surface area contributed by atoms with Crippen LogP contribution in [0.4, 0.5) is 0 Å². The Labute approximate surface area is 126 Å². The molecule has 1 aromatic carbocycles. The van der Waals surface area contributed by atoms with Gasteiger partial charge in [-0.05, 0) is 30.9 Å². The van der Waals surface area contributed by atoms with Crippen LogP contribution in [0.1, 0.15) is 37.3 Å². The molecule has 0 saturated carbocycles. The maximum atomic E-state index is 12.0. The quantitative estimate of drug-likeness (QED) is 0.871. The summed E-state index contributed by atoms with van der Waals surface area (Å²) in [6.07, 6.45) is 2.62. The molecule has 1 aliphatic rings. The van der Waals surface area contributed by atoms with Gasteiger partial charge in [0, 0.05) is 25.9 Å². The van der Waals surface area contributed by atoms with Crippen molar-refractivity contribution < 1.29 is 9.59 Å². The number of hydrogen-bond donors (Lipinski definition) is 1. The monoisotopic (exact) mass is 288 g/mol. The van der Waals surface area contributed by atoms with Crippen molar-refractivity contribution in [1.82, 2.24) is 10.2 Å². The summed E-state index contributed by atoms with van der Waals surface area (Å²) in [6, 6.07) is 8.11. The Morgan fingerprint density at radius 1 is 1.38 bits per heavy atom. The van der Waals surface area contributed by atoms with Crippen LogP contribution in [-0.2, 0) is 16.0 Å². The Hall–Kier alpha value is -1.84. The molecule has 4 nitrogen and oxygen atoms in total. The van der Waals surface area contributed by atoms with Crippen LogP contribution < -0.4 is 5.32 Å². The van der Waals surface area contributed by atoms with Crippen molar-refractivity contribution in [1.29, 1.82) is 0 Å². The highest BCUT2D eigenvalue weighted by Gasteiger charge is 2.29. The van der Waals surface area contributed by atoms with Gasteiger partial charge in [-0.1, -0.05) is 31.2 Å². The van der Waals surface area contributed by atoms with Crippen LogP contribution in [0.3, 0.4) is 0 Å². The number of aryl methyl sites for hydroxylation is 2. The molecule has 1 fully saturated rings. The van der Waals surface area contributed by atoms with Gasteiger partial charge < -0.3 is 10.2 Å². The number of benzene rings is 1. The second-order valence-electron chi connectivity index (χ2n) is 5.73. The molecule has 1 aliphatic heterocycles. The molecular formula is C17H24N2O2. The van der Waals surface area contributed by atoms with Gasteiger partial charge in [0.1, 0.15) is 0 Å². The third-order valence-electron chi connectivity index (χ3n) is 3.96. The summed E-state index contributed by atoms with van der Waals surface area (Å²) in [5.74, 6) is 0.190. The molecule has 1 heterocycles. The first-order valence-corrected chi connectivity index (χ1v) is 7.71. The summed E-state index contributed by atoms with van der Waals surface area (Å²) in [5.41, 5.74) is 2.43. The third-order valence-corrected chi connectivity index (χ3v) is 3.96. The molecular weight excluding hydrogens is 264 g/mol. The average Bonchev–Trinajstić information content (AvgIpc) is 2.78. The molecule has 2 amide bonds. The lowest BCUT2D eigenvalue weighted by atomic mass is 10.0. The van der Waals surface area contributed by atoms with E-state index in [1.807, 2.05) is 17.0 Å². The van der Waals surface area contributed by atoms with Crippen molar-refractivity contribution in [2.75, 3.05) is 13.1 Å². The van der Waals surface area contributed by atoms with Crippen LogP contribution in [-0.4, -0.2) is 35.8 Å². The van der Waals surface area contributed by atoms with E-state index in [0.717, 1.165) is 19.4 Å². The summed E-state index contributed by atoms with van der Waals surface area (Å²) in [6.45, 7) is 5.56. The number of amides is 2. The van der Waals surface area contributed by atoms with Gasteiger partial charge in [-0.3, -0.25) is 9.59 Å². The highest BCUT2D eigenvalue weighted by molar-refractivity contribution is 5.82. The molecule has 0 bridgehead atoms. The number of likely N-dealkylation sites (tertiary alicyclic amines) is 1. The summed E-state index contributed by atoms with van der Waals surface area (Å²) >= 11 is 0. The zero-order chi connectivity index (χ0) is 15.2. The van der Waals surface area contributed by atoms with E-state index in [-0.39, 0.29) is 17.9 Å². The maximum Gasteiger partial charge on any atom is 0.224 e. The van der Waals surface area contributed by atoms with E-state index in [1.54, 1.807) is 0 Å². The second-order valence-corrected chi connectivity index (χ2v) is 5.73. The second kappa shape index (κ2) is 7.25. The largest absolute Gasteiger partial charge is 0.351 e. The van der Waals surface area contributed by atoms with E-state index in [1.165, 1.54) is 11.1 Å². The normalized spacial score (nSPS) is 18.1. The van der Waals surface area contributed by atoms with Crippen LogP contribution >= 0.6 is 0 Å². The maximum absolute atomic E-state index is 12.0. The van der Waals surface area contributed by atoms with Crippen LogP contribution in [0, 0.1) is 6.92 Å². The molecule has 0 radical (unpaired) electrons. The molecule has 0 spiro atoms. The van der Waals surface area contributed by atoms with Crippen LogP contribution in [0.25, 0.3) is 0 Å². The Bertz CT molecular complexity index is 513. The minimum atomic E-state index is -0.0200. The van der Waals surface area contributed by atoms with E-state index in [2.05, 4.69) is 31.3 Å². The lowest BCUT2D eigenvalue weighted by molar-refractivity contribution is -0.127. The molecule has 1 saturated heterocycles. The summed E-state index contributed by atoms with van der Waals surface area (Å²) in [7, 11) is 0. The Balaban J connectivity index is 1.78. The van der Waals surface area contributed by atoms with E-state index in [9.17, 15) is 9.59 Å². The smallest absolute Gasteiger partial charge is 0.224 e. The van der Waals surface area contributed by atoms with E-state index in [0.29, 0.717) is 19.4 Å². The van der Waals surface area contributed by atoms with Crippen molar-refractivity contribution in [2.24, 2.45) is 0 Å². The van der Waals surface area contributed by atoms with Crippen molar-refractivity contribution >= 4 is 11.8 Å². The summed E-state index contributed by atoms with van der Waals surface area (Å²) < 4.78 is 0. The number of rotatable bonds is 6. The standard InChI is InChI=1S/C17H24N2O2/c1-3-10-19-12-15(11-17(19)21)18-16(20)9-8-14-7-5-4-6-13(14)2/h4-7,15H,3,8-12H2,1-2H3,(H,18,20)/t15-/m0/s1. The minimum absolute atomic E-state index is 0.0200. The average molecular weight is 288 g/mol. The number of nitrogens with one attached hydrogen (secondary N) is 1. The lowest BCUT2D eigenvalue weighted by Crippen LogP contribution is -2.37. The number of carbonyl (C=O) groups is 2. The molecule has 21 heavy (non-hydrogen) atoms. The SMILES string of the molecule is CCCN1C[C@@H](NC(=O)CCc2ccccc2C)CC1=O. The number of hydrogen-bond acceptors (Lipinski definition) is 2. The molecule has 4 heteroatoms. The molecule has 114 valence electrons. The third kappa shape index (κ3) is 4.31. The molecule has 1 atom stereocenters. The molecule has 0 aliphatic carbocycles. The van der Waals surface area contributed by atoms with Gasteiger partial charge in [0.15, 0.2) is 0 Å². The van der Waals surface area contributed by atoms with Gasteiger partial charge in [-0.2, -0.15) is 0 Å². The first-order chi connectivity index (χ1) is 10.1. The predicted molar refractivity (Wildman–Crippen MR) is 82.9 cm³/mol. The minimum Gasteiger partial charge on any atom is -0.351 e. The van der Waals surface area contributed by atoms with Gasteiger partial charge in [-0.25, -0.2) is 0 Å². The van der Waals surface area contributed by atoms with Crippen molar-refractivity contribution in [2.45, 2.75) is 45.6 Å². The molecule has 2 rings (SSSR count). The van der Waals surface area contributed by atoms with E-state index in [4.69, 9.17) is 0 Å². The zero-order valence-corrected chi connectivity index (χ0v) is 12.9. The fraction of sp³-hybridized carbons (Fsp3) is 0.529. The Morgan fingerprint density at radius 3 is 2.86 bits per heavy atom. The van der Waals surface area contributed by atoms with Crippen molar-refractivity contribution in [3.63, 3.8) is 0 Å². The number of carbonyl (C=O) groups excluding carboxylic acids is 2. The zero-order valence-electron chi connectivity index (χ0n) is 12.9. The molecule has 0 aromatic heterocycles. The molecule has 1 N–H and O–H groups in total. The molecule has 0 unspecified atom stereocenters. The van der Waals surface area contributed by atoms with Gasteiger partial charge >= 0.3 is 0 Å². The summed E-state index contributed by atoms with van der Waals surface area (Å²) in [5, 5.41) is 2.99. The van der Waals surface area contributed by atoms with Crippen LogP contribution in [0.2, 0.25) is 0 Å². The Kier molecular flexibility index (Phi) is 5.37. The predicted octanol–water partition coefficient (Wildman–Crippen LogP) is 2.05. The van der Waals surface area contributed by atoms with E-state index >= 15 is 0 Å². The van der Waals surface area contributed by atoms with Crippen LogP contribution in [0.15, 0.2) is 24.3 Å². The van der Waals surface area contributed by atoms with Gasteiger partial charge in [0.2, 0.25) is 11.8 Å². The first-order valence-electron chi connectivity index (χ1n) is 7.71. The molecule has 1 aromatic rings. The van der Waals surface area contributed by atoms with Crippen molar-refractivity contribution in [3.05, 3.63) is 35.4 Å². The topological polar surface area (TPSA) is 49.4 Å². The van der Waals surface area contributed by atoms with Gasteiger partial charge in [-0.15, -0.1) is 0 Å². The van der Waals surface area contributed by atoms with Gasteiger partial charge in [0.05, 0.1) is 6.04 Å². The lowest BCUT2D eigenvalue weighted by Gasteiger charge is -2.16. The van der Waals surface area contributed by atoms with Gasteiger partial charge in [0.25, 0.3) is 0 Å². The van der Waals surface area contributed by atoms with Crippen molar-refractivity contribution in [3.8, 4) is 0 Å². The van der Waals surface area contributed by atoms with E-state index < -0.39 is 0 Å². The van der Waals surface area contributed by atoms with Crippen LogP contribution in [0.5, 0.6) is 0 Å². The number of nitrogens with zero attached hydrogens (tertiary/aromatic N) is 1. The fourth-order valence-electron chi connectivity index (χ4n) is 2.79. The first kappa shape index (κ1) is 15.5.